The lowest BCUT2D eigenvalue weighted by atomic mass is 10.1. The number of thiazole rings is 1. The van der Waals surface area contributed by atoms with Crippen molar-refractivity contribution in [3.8, 4) is 0 Å². The van der Waals surface area contributed by atoms with E-state index in [2.05, 4.69) is 20.3 Å². The van der Waals surface area contributed by atoms with Gasteiger partial charge in [-0.1, -0.05) is 23.7 Å². The number of nitrogens with zero attached hydrogens (tertiary/aromatic N) is 1. The zero-order chi connectivity index (χ0) is 22.1. The minimum Gasteiger partial charge on any atom is -0.465 e. The first-order chi connectivity index (χ1) is 14.1. The van der Waals surface area contributed by atoms with E-state index in [1.807, 2.05) is 12.1 Å². The standard InChI is InChI=1S/C17H22ClN5O5S2/c18-12-6-4-11(5-7-12)9-13-10-20-16(29-13)23-15(24)14(22-17(25)26)3-1-2-8-21-30(19,27)28/h4-7,10,14,21-22H,1-3,8-9H2,(H,25,26)(H2,19,27,28)(H,20,23,24). The number of amides is 2. The summed E-state index contributed by atoms with van der Waals surface area (Å²) in [6.45, 7) is 0.0980. The minimum atomic E-state index is -3.78. The fourth-order valence-corrected chi connectivity index (χ4v) is 3.95. The molecule has 10 nitrogen and oxygen atoms in total. The van der Waals surface area contributed by atoms with Crippen LogP contribution in [0.15, 0.2) is 30.5 Å². The number of nitrogens with two attached hydrogens (primary N) is 1. The largest absolute Gasteiger partial charge is 0.465 e. The van der Waals surface area contributed by atoms with Crippen LogP contribution in [0, 0.1) is 0 Å². The Kier molecular flexibility index (Phi) is 8.99. The summed E-state index contributed by atoms with van der Waals surface area (Å²) in [5.74, 6) is -0.538. The topological polar surface area (TPSA) is 164 Å². The Bertz CT molecular complexity index is 965. The number of carbonyl (C=O) groups is 2. The molecule has 0 aliphatic heterocycles. The van der Waals surface area contributed by atoms with Crippen molar-refractivity contribution in [1.82, 2.24) is 15.0 Å². The summed E-state index contributed by atoms with van der Waals surface area (Å²) < 4.78 is 23.8. The maximum Gasteiger partial charge on any atom is 0.405 e. The second kappa shape index (κ2) is 11.2. The molecule has 0 bridgehead atoms. The number of hydrogen-bond acceptors (Lipinski definition) is 6. The van der Waals surface area contributed by atoms with E-state index in [0.717, 1.165) is 10.4 Å². The van der Waals surface area contributed by atoms with Crippen LogP contribution >= 0.6 is 22.9 Å². The third-order valence-electron chi connectivity index (χ3n) is 3.91. The highest BCUT2D eigenvalue weighted by molar-refractivity contribution is 7.87. The second-order valence-corrected chi connectivity index (χ2v) is 9.29. The maximum absolute atomic E-state index is 12.5. The molecule has 0 aliphatic carbocycles. The lowest BCUT2D eigenvalue weighted by Crippen LogP contribution is -2.43. The number of carbonyl (C=O) groups excluding carboxylic acids is 1. The third kappa shape index (κ3) is 9.05. The number of hydrogen-bond donors (Lipinski definition) is 5. The molecule has 1 unspecified atom stereocenters. The fourth-order valence-electron chi connectivity index (χ4n) is 2.55. The molecular formula is C17H22ClN5O5S2. The van der Waals surface area contributed by atoms with Gasteiger partial charge in [0.2, 0.25) is 5.91 Å². The van der Waals surface area contributed by atoms with Gasteiger partial charge in [0.1, 0.15) is 6.04 Å². The van der Waals surface area contributed by atoms with Crippen molar-refractivity contribution in [2.24, 2.45) is 5.14 Å². The zero-order valence-corrected chi connectivity index (χ0v) is 18.2. The molecule has 6 N–H and O–H groups in total. The molecule has 2 amide bonds. The van der Waals surface area contributed by atoms with Gasteiger partial charge in [0.15, 0.2) is 5.13 Å². The van der Waals surface area contributed by atoms with Gasteiger partial charge in [0.05, 0.1) is 0 Å². The van der Waals surface area contributed by atoms with E-state index in [-0.39, 0.29) is 13.0 Å². The number of anilines is 1. The average molecular weight is 476 g/mol. The molecule has 164 valence electrons. The van der Waals surface area contributed by atoms with Crippen LogP contribution in [0.4, 0.5) is 9.93 Å². The predicted molar refractivity (Wildman–Crippen MR) is 115 cm³/mol. The molecule has 0 aliphatic rings. The molecule has 0 fully saturated rings. The summed E-state index contributed by atoms with van der Waals surface area (Å²) in [7, 11) is -3.78. The normalized spacial score (nSPS) is 12.3. The van der Waals surface area contributed by atoms with Crippen molar-refractivity contribution in [1.29, 1.82) is 0 Å². The van der Waals surface area contributed by atoms with Gasteiger partial charge in [-0.3, -0.25) is 4.79 Å². The number of carboxylic acid groups (broad SMARTS) is 1. The molecule has 1 heterocycles. The van der Waals surface area contributed by atoms with Crippen LogP contribution in [-0.2, 0) is 21.4 Å². The van der Waals surface area contributed by atoms with Gasteiger partial charge in [-0.05, 0) is 37.0 Å². The Balaban J connectivity index is 1.89. The number of aromatic nitrogens is 1. The first-order valence-corrected chi connectivity index (χ1v) is 11.6. The first-order valence-electron chi connectivity index (χ1n) is 8.89. The van der Waals surface area contributed by atoms with Crippen molar-refractivity contribution in [3.63, 3.8) is 0 Å². The van der Waals surface area contributed by atoms with E-state index in [4.69, 9.17) is 21.8 Å². The molecule has 2 rings (SSSR count). The number of halogens is 1. The first kappa shape index (κ1) is 24.0. The van der Waals surface area contributed by atoms with Crippen molar-refractivity contribution >= 4 is 50.3 Å². The average Bonchev–Trinajstić information content (AvgIpc) is 3.08. The molecule has 1 aromatic carbocycles. The third-order valence-corrected chi connectivity index (χ3v) is 5.68. The van der Waals surface area contributed by atoms with Crippen LogP contribution in [0.5, 0.6) is 0 Å². The van der Waals surface area contributed by atoms with Gasteiger partial charge in [-0.15, -0.1) is 11.3 Å². The summed E-state index contributed by atoms with van der Waals surface area (Å²) in [6.07, 6.45) is 1.92. The van der Waals surface area contributed by atoms with E-state index in [0.29, 0.717) is 29.4 Å². The van der Waals surface area contributed by atoms with Crippen LogP contribution in [-0.4, -0.2) is 43.1 Å². The highest BCUT2D eigenvalue weighted by Crippen LogP contribution is 2.22. The monoisotopic (exact) mass is 475 g/mol. The number of rotatable bonds is 11. The molecular weight excluding hydrogens is 454 g/mol. The Labute approximate surface area is 183 Å². The van der Waals surface area contributed by atoms with E-state index in [9.17, 15) is 18.0 Å². The van der Waals surface area contributed by atoms with Gasteiger partial charge in [-0.25, -0.2) is 19.6 Å². The van der Waals surface area contributed by atoms with Crippen LogP contribution in [0.2, 0.25) is 5.02 Å². The van der Waals surface area contributed by atoms with Crippen LogP contribution in [0.25, 0.3) is 0 Å². The van der Waals surface area contributed by atoms with Crippen molar-refractivity contribution in [3.05, 3.63) is 45.9 Å². The Morgan fingerprint density at radius 1 is 1.23 bits per heavy atom. The number of nitrogens with one attached hydrogen (secondary N) is 3. The smallest absolute Gasteiger partial charge is 0.405 e. The van der Waals surface area contributed by atoms with E-state index < -0.39 is 28.3 Å². The fraction of sp³-hybridized carbons (Fsp3) is 0.353. The summed E-state index contributed by atoms with van der Waals surface area (Å²) in [4.78, 5) is 28.5. The highest BCUT2D eigenvalue weighted by Gasteiger charge is 2.21. The quantitative estimate of drug-likeness (QED) is 0.311. The second-order valence-electron chi connectivity index (χ2n) is 6.36. The maximum atomic E-state index is 12.5. The molecule has 0 saturated carbocycles. The van der Waals surface area contributed by atoms with Crippen molar-refractivity contribution in [2.45, 2.75) is 31.7 Å². The Morgan fingerprint density at radius 2 is 1.93 bits per heavy atom. The van der Waals surface area contributed by atoms with Crippen molar-refractivity contribution in [2.75, 3.05) is 11.9 Å². The van der Waals surface area contributed by atoms with Gasteiger partial charge in [0.25, 0.3) is 10.2 Å². The summed E-state index contributed by atoms with van der Waals surface area (Å²) in [5, 5.41) is 19.6. The molecule has 30 heavy (non-hydrogen) atoms. The molecule has 0 saturated heterocycles. The Morgan fingerprint density at radius 3 is 2.57 bits per heavy atom. The van der Waals surface area contributed by atoms with Gasteiger partial charge >= 0.3 is 6.09 Å². The highest BCUT2D eigenvalue weighted by atomic mass is 35.5. The molecule has 0 radical (unpaired) electrons. The lowest BCUT2D eigenvalue weighted by molar-refractivity contribution is -0.118. The molecule has 2 aromatic rings. The van der Waals surface area contributed by atoms with Crippen LogP contribution in [0.1, 0.15) is 29.7 Å². The minimum absolute atomic E-state index is 0.0980. The lowest BCUT2D eigenvalue weighted by Gasteiger charge is -2.15. The van der Waals surface area contributed by atoms with Crippen molar-refractivity contribution < 1.29 is 23.1 Å². The number of benzene rings is 1. The van der Waals surface area contributed by atoms with Crippen LogP contribution < -0.4 is 20.5 Å². The van der Waals surface area contributed by atoms with Crippen LogP contribution in [0.3, 0.4) is 0 Å². The Hall–Kier alpha value is -2.25. The molecule has 1 atom stereocenters. The predicted octanol–water partition coefficient (Wildman–Crippen LogP) is 1.93. The van der Waals surface area contributed by atoms with E-state index >= 15 is 0 Å². The molecule has 13 heteroatoms. The van der Waals surface area contributed by atoms with Gasteiger partial charge in [-0.2, -0.15) is 8.42 Å². The molecule has 1 aromatic heterocycles. The summed E-state index contributed by atoms with van der Waals surface area (Å²) in [6, 6.07) is 6.39. The van der Waals surface area contributed by atoms with Gasteiger partial charge in [0, 0.05) is 29.1 Å². The van der Waals surface area contributed by atoms with E-state index in [1.165, 1.54) is 11.3 Å². The summed E-state index contributed by atoms with van der Waals surface area (Å²) in [5.41, 5.74) is 1.04. The molecule has 0 spiro atoms. The summed E-state index contributed by atoms with van der Waals surface area (Å²) >= 11 is 7.16. The van der Waals surface area contributed by atoms with E-state index in [1.54, 1.807) is 18.3 Å². The van der Waals surface area contributed by atoms with Gasteiger partial charge < -0.3 is 15.7 Å². The number of unbranched alkanes of at least 4 members (excludes halogenated alkanes) is 1. The SMILES string of the molecule is NS(=O)(=O)NCCCCC(NC(=O)O)C(=O)Nc1ncc(Cc2ccc(Cl)cc2)s1. The zero-order valence-electron chi connectivity index (χ0n) is 15.8.